The Labute approximate surface area is 337 Å². The second-order valence-electron chi connectivity index (χ2n) is 18.9. The highest BCUT2D eigenvalue weighted by Gasteiger charge is 2.55. The minimum atomic E-state index is -1.96. The standard InChI is InChI=1S/C44H68O13/c1-25-21-34(55-44(23-25)35(46)12-11-31(54-44)24-41(6,50)40(48)49)26(2)9-10-30-14-18-43(53-30)19-15-33-39(57-43)36(47)29(5)38(52-33)32(45)22-28(4)37-27(3)13-17-42(56-37)16-7-8-20-51-42/h9-10,23,26-28,30-39,45-47,50H,5,7-8,11-22,24H2,1-4,6H3,(H,48,49)/b10-9+/t26-,27-,28+,30+,31+,32+,33-,34+,35-,36-,37?,38+,39-,41-,42+,43-,44-/m1/s1. The molecule has 322 valence electrons. The van der Waals surface area contributed by atoms with Gasteiger partial charge in [-0.05, 0) is 95.1 Å². The van der Waals surface area contributed by atoms with Crippen LogP contribution in [-0.4, -0.2) is 122 Å². The van der Waals surface area contributed by atoms with Gasteiger partial charge < -0.3 is 58.7 Å². The van der Waals surface area contributed by atoms with Crippen LogP contribution in [0.4, 0.5) is 0 Å². The van der Waals surface area contributed by atoms with E-state index in [1.54, 1.807) is 6.08 Å². The highest BCUT2D eigenvalue weighted by atomic mass is 16.7. The number of carbonyl (C=O) groups is 1. The summed E-state index contributed by atoms with van der Waals surface area (Å²) in [4.78, 5) is 11.6. The van der Waals surface area contributed by atoms with Crippen LogP contribution < -0.4 is 0 Å². The first-order valence-electron chi connectivity index (χ1n) is 21.7. The van der Waals surface area contributed by atoms with E-state index < -0.39 is 71.7 Å². The van der Waals surface area contributed by atoms with Gasteiger partial charge in [-0.2, -0.15) is 0 Å². The third kappa shape index (κ3) is 9.15. The molecule has 0 radical (unpaired) electrons. The van der Waals surface area contributed by atoms with Gasteiger partial charge in [-0.1, -0.05) is 45.1 Å². The first-order chi connectivity index (χ1) is 26.9. The highest BCUT2D eigenvalue weighted by molar-refractivity contribution is 5.76. The van der Waals surface area contributed by atoms with Gasteiger partial charge in [0.25, 0.3) is 0 Å². The largest absolute Gasteiger partial charge is 0.479 e. The van der Waals surface area contributed by atoms with Crippen molar-refractivity contribution in [3.05, 3.63) is 36.0 Å². The normalized spacial score (nSPS) is 45.4. The summed E-state index contributed by atoms with van der Waals surface area (Å²) in [5, 5.41) is 54.0. The van der Waals surface area contributed by atoms with Gasteiger partial charge in [0.05, 0.1) is 43.2 Å². The number of aliphatic hydroxyl groups is 4. The molecule has 17 atom stereocenters. The fraction of sp³-hybridized carbons (Fsp3) is 0.841. The molecule has 1 unspecified atom stereocenters. The molecule has 13 heteroatoms. The van der Waals surface area contributed by atoms with Gasteiger partial charge in [0.2, 0.25) is 5.79 Å². The predicted octanol–water partition coefficient (Wildman–Crippen LogP) is 5.21. The SMILES string of the molecule is C=C1[C@@H](O)[C@@H]2O[C@]3(CC[C@H](/C=C/[C@@H](C)[C@@H]4CC(C)=C[C@@]5(O[C@H](C[C@@](C)(O)C(=O)O)CC[C@H]5O)O4)O3)CC[C@H]2O[C@@H]1[C@@H](O)C[C@H](C)C1O[C@@]2(CCCCO2)CC[C@H]1C. The monoisotopic (exact) mass is 804 g/mol. The maximum atomic E-state index is 11.6. The summed E-state index contributed by atoms with van der Waals surface area (Å²) in [5.41, 5.74) is -0.551. The van der Waals surface area contributed by atoms with E-state index in [-0.39, 0.29) is 36.6 Å². The summed E-state index contributed by atoms with van der Waals surface area (Å²) in [6.45, 7) is 14.5. The summed E-state index contributed by atoms with van der Waals surface area (Å²) in [6, 6.07) is 0. The first kappa shape index (κ1) is 43.3. The van der Waals surface area contributed by atoms with Crippen LogP contribution in [0.1, 0.15) is 125 Å². The molecule has 0 aliphatic carbocycles. The summed E-state index contributed by atoms with van der Waals surface area (Å²) >= 11 is 0. The van der Waals surface area contributed by atoms with E-state index in [0.29, 0.717) is 56.4 Å². The number of hydrogen-bond donors (Lipinski definition) is 5. The molecule has 5 N–H and O–H groups in total. The Bertz CT molecular complexity index is 1510. The topological polar surface area (TPSA) is 183 Å². The molecule has 57 heavy (non-hydrogen) atoms. The Morgan fingerprint density at radius 1 is 1.00 bits per heavy atom. The Hall–Kier alpha value is -1.75. The zero-order valence-corrected chi connectivity index (χ0v) is 34.6. The van der Waals surface area contributed by atoms with Gasteiger partial charge in [-0.25, -0.2) is 4.79 Å². The van der Waals surface area contributed by atoms with Gasteiger partial charge in [-0.3, -0.25) is 0 Å². The molecule has 0 aromatic heterocycles. The van der Waals surface area contributed by atoms with E-state index in [0.717, 1.165) is 50.7 Å². The Balaban J connectivity index is 0.920. The maximum absolute atomic E-state index is 11.6. The number of fused-ring (bicyclic) bond motifs is 1. The molecule has 7 rings (SSSR count). The fourth-order valence-electron chi connectivity index (χ4n) is 10.5. The number of carboxylic acid groups (broad SMARTS) is 1. The van der Waals surface area contributed by atoms with Crippen LogP contribution in [0.25, 0.3) is 0 Å². The van der Waals surface area contributed by atoms with E-state index in [1.165, 1.54) is 6.92 Å². The lowest BCUT2D eigenvalue weighted by atomic mass is 9.79. The first-order valence-corrected chi connectivity index (χ1v) is 21.7. The van der Waals surface area contributed by atoms with Crippen LogP contribution >= 0.6 is 0 Å². The van der Waals surface area contributed by atoms with Crippen LogP contribution in [0.3, 0.4) is 0 Å². The van der Waals surface area contributed by atoms with Crippen LogP contribution in [0, 0.1) is 17.8 Å². The van der Waals surface area contributed by atoms with E-state index in [4.69, 9.17) is 33.2 Å². The van der Waals surface area contributed by atoms with Crippen molar-refractivity contribution in [2.45, 2.75) is 209 Å². The average molecular weight is 805 g/mol. The lowest BCUT2D eigenvalue weighted by Crippen LogP contribution is -2.60. The second kappa shape index (κ2) is 17.0. The van der Waals surface area contributed by atoms with Crippen LogP contribution in [0.2, 0.25) is 0 Å². The van der Waals surface area contributed by atoms with E-state index in [9.17, 15) is 30.3 Å². The molecule has 0 amide bonds. The number of hydrogen-bond acceptors (Lipinski definition) is 12. The third-order valence-electron chi connectivity index (χ3n) is 14.0. The zero-order valence-electron chi connectivity index (χ0n) is 34.6. The number of rotatable bonds is 10. The fourth-order valence-corrected chi connectivity index (χ4v) is 10.5. The molecule has 0 saturated carbocycles. The van der Waals surface area contributed by atoms with E-state index >= 15 is 0 Å². The molecular formula is C44H68O13. The van der Waals surface area contributed by atoms with E-state index in [2.05, 4.69) is 26.5 Å². The molecule has 0 bridgehead atoms. The molecule has 6 fully saturated rings. The summed E-state index contributed by atoms with van der Waals surface area (Å²) in [6.07, 6.45) is 9.37. The molecule has 7 aliphatic rings. The number of aliphatic hydroxyl groups excluding tert-OH is 3. The second-order valence-corrected chi connectivity index (χ2v) is 18.9. The predicted molar refractivity (Wildman–Crippen MR) is 208 cm³/mol. The van der Waals surface area contributed by atoms with Crippen LogP contribution in [0.15, 0.2) is 36.0 Å². The number of carboxylic acids is 1. The highest BCUT2D eigenvalue weighted by Crippen LogP contribution is 2.47. The summed E-state index contributed by atoms with van der Waals surface area (Å²) in [7, 11) is 0. The van der Waals surface area contributed by atoms with Crippen molar-refractivity contribution < 1.29 is 63.5 Å². The smallest absolute Gasteiger partial charge is 0.335 e. The maximum Gasteiger partial charge on any atom is 0.335 e. The summed E-state index contributed by atoms with van der Waals surface area (Å²) < 4.78 is 45.2. The quantitative estimate of drug-likeness (QED) is 0.182. The van der Waals surface area contributed by atoms with Gasteiger partial charge in [-0.15, -0.1) is 0 Å². The minimum absolute atomic E-state index is 0.0423. The lowest BCUT2D eigenvalue weighted by Gasteiger charge is -2.50. The van der Waals surface area contributed by atoms with Crippen LogP contribution in [-0.2, 0) is 38.0 Å². The molecule has 3 spiro atoms. The van der Waals surface area contributed by atoms with Gasteiger partial charge in [0, 0.05) is 38.0 Å². The Morgan fingerprint density at radius 3 is 2.49 bits per heavy atom. The van der Waals surface area contributed by atoms with Gasteiger partial charge in [0.1, 0.15) is 24.4 Å². The van der Waals surface area contributed by atoms with Crippen molar-refractivity contribution in [1.29, 1.82) is 0 Å². The molecule has 0 aromatic carbocycles. The molecule has 0 aromatic rings. The number of aliphatic carboxylic acids is 1. The lowest BCUT2D eigenvalue weighted by molar-refractivity contribution is -0.321. The average Bonchev–Trinajstić information content (AvgIpc) is 3.56. The van der Waals surface area contributed by atoms with Gasteiger partial charge in [0.15, 0.2) is 17.2 Å². The van der Waals surface area contributed by atoms with Crippen molar-refractivity contribution >= 4 is 5.97 Å². The zero-order chi connectivity index (χ0) is 40.9. The molecule has 7 heterocycles. The van der Waals surface area contributed by atoms with Crippen molar-refractivity contribution in [2.75, 3.05) is 6.61 Å². The Morgan fingerprint density at radius 2 is 1.75 bits per heavy atom. The van der Waals surface area contributed by atoms with Crippen molar-refractivity contribution in [3.8, 4) is 0 Å². The third-order valence-corrected chi connectivity index (χ3v) is 14.0. The Kier molecular flexibility index (Phi) is 12.9. The van der Waals surface area contributed by atoms with Gasteiger partial charge >= 0.3 is 5.97 Å². The summed E-state index contributed by atoms with van der Waals surface area (Å²) in [5.74, 6) is -3.82. The molecular weight excluding hydrogens is 736 g/mol. The molecule has 13 nitrogen and oxygen atoms in total. The van der Waals surface area contributed by atoms with E-state index in [1.807, 2.05) is 19.9 Å². The minimum Gasteiger partial charge on any atom is -0.479 e. The molecule has 7 aliphatic heterocycles. The van der Waals surface area contributed by atoms with Crippen molar-refractivity contribution in [3.63, 3.8) is 0 Å². The van der Waals surface area contributed by atoms with Crippen LogP contribution in [0.5, 0.6) is 0 Å². The van der Waals surface area contributed by atoms with Crippen molar-refractivity contribution in [1.82, 2.24) is 0 Å². The van der Waals surface area contributed by atoms with Crippen molar-refractivity contribution in [2.24, 2.45) is 17.8 Å². The number of ether oxygens (including phenoxy) is 7. The molecule has 6 saturated heterocycles.